The Morgan fingerprint density at radius 1 is 1.47 bits per heavy atom. The number of hydrogen-bond donors (Lipinski definition) is 4. The van der Waals surface area contributed by atoms with Gasteiger partial charge < -0.3 is 21.5 Å². The van der Waals surface area contributed by atoms with Gasteiger partial charge in [-0.1, -0.05) is 15.9 Å². The summed E-state index contributed by atoms with van der Waals surface area (Å²) in [4.78, 5) is 10.2. The Hall–Kier alpha value is -1.43. The van der Waals surface area contributed by atoms with Crippen LogP contribution in [0.2, 0.25) is 0 Å². The molecule has 0 unspecified atom stereocenters. The van der Waals surface area contributed by atoms with Crippen LogP contribution in [-0.2, 0) is 0 Å². The van der Waals surface area contributed by atoms with E-state index in [1.54, 1.807) is 6.07 Å². The second-order valence-corrected chi connectivity index (χ2v) is 3.81. The zero-order chi connectivity index (χ0) is 11.3. The largest absolute Gasteiger partial charge is 0.465 e. The number of benzene rings is 1. The normalized spacial score (nSPS) is 9.67. The van der Waals surface area contributed by atoms with Crippen molar-refractivity contribution in [1.82, 2.24) is 5.32 Å². The first-order chi connectivity index (χ1) is 7.09. The third kappa shape index (κ3) is 4.07. The molecule has 0 aliphatic carbocycles. The monoisotopic (exact) mass is 273 g/mol. The minimum Gasteiger partial charge on any atom is -0.465 e. The zero-order valence-corrected chi connectivity index (χ0v) is 9.54. The van der Waals surface area contributed by atoms with Gasteiger partial charge in [-0.3, -0.25) is 0 Å². The van der Waals surface area contributed by atoms with Crippen LogP contribution in [0.1, 0.15) is 0 Å². The third-order valence-corrected chi connectivity index (χ3v) is 2.22. The molecule has 15 heavy (non-hydrogen) atoms. The van der Waals surface area contributed by atoms with E-state index in [0.29, 0.717) is 18.8 Å². The van der Waals surface area contributed by atoms with Crippen LogP contribution in [-0.4, -0.2) is 24.3 Å². The maximum Gasteiger partial charge on any atom is 0.404 e. The van der Waals surface area contributed by atoms with Gasteiger partial charge in [0, 0.05) is 17.6 Å². The zero-order valence-electron chi connectivity index (χ0n) is 7.96. The summed E-state index contributed by atoms with van der Waals surface area (Å²) < 4.78 is 0.911. The molecule has 5 N–H and O–H groups in total. The SMILES string of the molecule is Nc1cc(Br)ccc1NCCNC(=O)O. The number of hydrogen-bond acceptors (Lipinski definition) is 3. The number of carboxylic acid groups (broad SMARTS) is 1. The second kappa shape index (κ2) is 5.45. The van der Waals surface area contributed by atoms with E-state index in [0.717, 1.165) is 10.2 Å². The summed E-state index contributed by atoms with van der Waals surface area (Å²) in [5.74, 6) is 0. The van der Waals surface area contributed by atoms with Crippen molar-refractivity contribution in [3.8, 4) is 0 Å². The average molecular weight is 274 g/mol. The van der Waals surface area contributed by atoms with E-state index >= 15 is 0 Å². The Morgan fingerprint density at radius 3 is 2.80 bits per heavy atom. The van der Waals surface area contributed by atoms with E-state index in [9.17, 15) is 4.79 Å². The molecule has 0 aliphatic heterocycles. The summed E-state index contributed by atoms with van der Waals surface area (Å²) in [5.41, 5.74) is 7.16. The van der Waals surface area contributed by atoms with Gasteiger partial charge in [0.1, 0.15) is 0 Å². The lowest BCUT2D eigenvalue weighted by Gasteiger charge is -2.09. The predicted octanol–water partition coefficient (Wildman–Crippen LogP) is 1.71. The lowest BCUT2D eigenvalue weighted by molar-refractivity contribution is 0.195. The summed E-state index contributed by atoms with van der Waals surface area (Å²) in [6, 6.07) is 5.48. The average Bonchev–Trinajstić information content (AvgIpc) is 2.14. The summed E-state index contributed by atoms with van der Waals surface area (Å²) >= 11 is 3.30. The second-order valence-electron chi connectivity index (χ2n) is 2.89. The number of amides is 1. The number of halogens is 1. The number of rotatable bonds is 4. The lowest BCUT2D eigenvalue weighted by atomic mass is 10.3. The van der Waals surface area contributed by atoms with Gasteiger partial charge >= 0.3 is 6.09 Å². The molecule has 82 valence electrons. The first-order valence-electron chi connectivity index (χ1n) is 4.35. The number of carbonyl (C=O) groups is 1. The van der Waals surface area contributed by atoms with Gasteiger partial charge in [0.15, 0.2) is 0 Å². The van der Waals surface area contributed by atoms with Gasteiger partial charge in [-0.25, -0.2) is 4.79 Å². The standard InChI is InChI=1S/C9H12BrN3O2/c10-6-1-2-8(7(11)5-6)12-3-4-13-9(14)15/h1-2,5,12-13H,3-4,11H2,(H,14,15). The van der Waals surface area contributed by atoms with Crippen molar-refractivity contribution in [1.29, 1.82) is 0 Å². The molecule has 0 saturated carbocycles. The number of nitrogen functional groups attached to an aromatic ring is 1. The van der Waals surface area contributed by atoms with Crippen LogP contribution in [0, 0.1) is 0 Å². The molecule has 0 bridgehead atoms. The Morgan fingerprint density at radius 2 is 2.20 bits per heavy atom. The number of anilines is 2. The van der Waals surface area contributed by atoms with Crippen LogP contribution >= 0.6 is 15.9 Å². The fourth-order valence-electron chi connectivity index (χ4n) is 1.06. The minimum atomic E-state index is -1.03. The first kappa shape index (κ1) is 11.6. The molecule has 0 aliphatic rings. The van der Waals surface area contributed by atoms with Crippen LogP contribution in [0.5, 0.6) is 0 Å². The van der Waals surface area contributed by atoms with Gasteiger partial charge in [-0.05, 0) is 18.2 Å². The maximum atomic E-state index is 10.2. The van der Waals surface area contributed by atoms with Crippen LogP contribution in [0.3, 0.4) is 0 Å². The summed E-state index contributed by atoms with van der Waals surface area (Å²) in [6.07, 6.45) is -1.03. The summed E-state index contributed by atoms with van der Waals surface area (Å²) in [6.45, 7) is 0.836. The number of nitrogens with one attached hydrogen (secondary N) is 2. The molecule has 0 spiro atoms. The van der Waals surface area contributed by atoms with Gasteiger partial charge in [0.25, 0.3) is 0 Å². The highest BCUT2D eigenvalue weighted by Crippen LogP contribution is 2.22. The highest BCUT2D eigenvalue weighted by molar-refractivity contribution is 9.10. The molecule has 0 fully saturated rings. The summed E-state index contributed by atoms with van der Waals surface area (Å²) in [5, 5.41) is 13.6. The van der Waals surface area contributed by atoms with Crippen molar-refractivity contribution >= 4 is 33.4 Å². The van der Waals surface area contributed by atoms with Crippen molar-refractivity contribution in [2.75, 3.05) is 24.1 Å². The molecule has 0 atom stereocenters. The fourth-order valence-corrected chi connectivity index (χ4v) is 1.44. The highest BCUT2D eigenvalue weighted by atomic mass is 79.9. The molecular weight excluding hydrogens is 262 g/mol. The van der Waals surface area contributed by atoms with Crippen LogP contribution < -0.4 is 16.4 Å². The molecule has 1 rings (SSSR count). The molecule has 0 aromatic heterocycles. The van der Waals surface area contributed by atoms with Gasteiger partial charge in [-0.2, -0.15) is 0 Å². The van der Waals surface area contributed by atoms with Crippen LogP contribution in [0.25, 0.3) is 0 Å². The van der Waals surface area contributed by atoms with Crippen LogP contribution in [0.4, 0.5) is 16.2 Å². The van der Waals surface area contributed by atoms with E-state index < -0.39 is 6.09 Å². The Kier molecular flexibility index (Phi) is 4.23. The first-order valence-corrected chi connectivity index (χ1v) is 5.14. The molecule has 0 heterocycles. The van der Waals surface area contributed by atoms with Crippen molar-refractivity contribution < 1.29 is 9.90 Å². The van der Waals surface area contributed by atoms with Gasteiger partial charge in [0.05, 0.1) is 11.4 Å². The topological polar surface area (TPSA) is 87.4 Å². The van der Waals surface area contributed by atoms with Crippen molar-refractivity contribution in [2.45, 2.75) is 0 Å². The Bertz CT molecular complexity index is 357. The smallest absolute Gasteiger partial charge is 0.404 e. The molecule has 0 radical (unpaired) electrons. The van der Waals surface area contributed by atoms with Crippen LogP contribution in [0.15, 0.2) is 22.7 Å². The van der Waals surface area contributed by atoms with Crippen molar-refractivity contribution in [3.63, 3.8) is 0 Å². The van der Waals surface area contributed by atoms with E-state index in [4.69, 9.17) is 10.8 Å². The predicted molar refractivity (Wildman–Crippen MR) is 63.1 cm³/mol. The summed E-state index contributed by atoms with van der Waals surface area (Å²) in [7, 11) is 0. The van der Waals surface area contributed by atoms with Gasteiger partial charge in [0.2, 0.25) is 0 Å². The minimum absolute atomic E-state index is 0.338. The molecular formula is C9H12BrN3O2. The number of nitrogens with two attached hydrogens (primary N) is 1. The fraction of sp³-hybridized carbons (Fsp3) is 0.222. The van der Waals surface area contributed by atoms with Crippen molar-refractivity contribution in [3.05, 3.63) is 22.7 Å². The van der Waals surface area contributed by atoms with E-state index in [1.165, 1.54) is 0 Å². The molecule has 0 saturated heterocycles. The van der Waals surface area contributed by atoms with E-state index in [-0.39, 0.29) is 0 Å². The molecule has 6 heteroatoms. The third-order valence-electron chi connectivity index (χ3n) is 1.73. The Balaban J connectivity index is 2.40. The van der Waals surface area contributed by atoms with Crippen molar-refractivity contribution in [2.24, 2.45) is 0 Å². The maximum absolute atomic E-state index is 10.2. The van der Waals surface area contributed by atoms with E-state index in [1.807, 2.05) is 12.1 Å². The molecule has 1 amide bonds. The Labute approximate surface area is 95.8 Å². The molecule has 5 nitrogen and oxygen atoms in total. The van der Waals surface area contributed by atoms with Gasteiger partial charge in [-0.15, -0.1) is 0 Å². The lowest BCUT2D eigenvalue weighted by Crippen LogP contribution is -2.27. The molecule has 1 aromatic carbocycles. The quantitative estimate of drug-likeness (QED) is 0.497. The molecule has 1 aromatic rings. The van der Waals surface area contributed by atoms with E-state index in [2.05, 4.69) is 26.6 Å². The highest BCUT2D eigenvalue weighted by Gasteiger charge is 1.99.